The summed E-state index contributed by atoms with van der Waals surface area (Å²) in [6, 6.07) is 9.42. The Morgan fingerprint density at radius 2 is 2.08 bits per heavy atom. The highest BCUT2D eigenvalue weighted by Crippen LogP contribution is 2.28. The molecule has 0 aliphatic rings. The van der Waals surface area contributed by atoms with Crippen LogP contribution in [0.25, 0.3) is 11.5 Å². The summed E-state index contributed by atoms with van der Waals surface area (Å²) in [5.74, 6) is 0.973. The van der Waals surface area contributed by atoms with E-state index in [1.165, 1.54) is 11.8 Å². The molecule has 3 aromatic rings. The number of furan rings is 1. The van der Waals surface area contributed by atoms with Crippen molar-refractivity contribution in [3.05, 3.63) is 47.9 Å². The molecule has 24 heavy (non-hydrogen) atoms. The van der Waals surface area contributed by atoms with Crippen molar-refractivity contribution >= 4 is 23.4 Å². The first kappa shape index (κ1) is 16.3. The topological polar surface area (TPSA) is 81.2 Å². The molecule has 0 saturated carbocycles. The van der Waals surface area contributed by atoms with Crippen LogP contribution in [0, 0.1) is 13.8 Å². The maximum absolute atomic E-state index is 12.3. The van der Waals surface area contributed by atoms with Gasteiger partial charge in [-0.1, -0.05) is 23.9 Å². The highest BCUT2D eigenvalue weighted by molar-refractivity contribution is 8.00. The highest BCUT2D eigenvalue weighted by Gasteiger charge is 2.20. The first-order chi connectivity index (χ1) is 11.5. The molecular weight excluding hydrogens is 326 g/mol. The zero-order valence-electron chi connectivity index (χ0n) is 13.6. The van der Waals surface area contributed by atoms with Crippen LogP contribution in [0.5, 0.6) is 0 Å². The van der Waals surface area contributed by atoms with Crippen molar-refractivity contribution in [1.29, 1.82) is 0 Å². The van der Waals surface area contributed by atoms with Gasteiger partial charge in [-0.3, -0.25) is 4.79 Å². The van der Waals surface area contributed by atoms with Gasteiger partial charge in [0.15, 0.2) is 0 Å². The molecule has 0 fully saturated rings. The predicted molar refractivity (Wildman–Crippen MR) is 91.9 cm³/mol. The summed E-state index contributed by atoms with van der Waals surface area (Å²) in [4.78, 5) is 12.3. The number of aryl methyl sites for hydroxylation is 2. The molecule has 1 aromatic carbocycles. The summed E-state index contributed by atoms with van der Waals surface area (Å²) in [6.07, 6.45) is 1.57. The molecule has 3 rings (SSSR count). The third-order valence-corrected chi connectivity index (χ3v) is 4.36. The van der Waals surface area contributed by atoms with Gasteiger partial charge in [0, 0.05) is 5.69 Å². The van der Waals surface area contributed by atoms with Crippen LogP contribution < -0.4 is 5.32 Å². The number of thioether (sulfide) groups is 1. The number of aromatic nitrogens is 2. The van der Waals surface area contributed by atoms with Gasteiger partial charge < -0.3 is 14.2 Å². The van der Waals surface area contributed by atoms with Gasteiger partial charge in [0.05, 0.1) is 17.1 Å². The van der Waals surface area contributed by atoms with E-state index < -0.39 is 0 Å². The number of rotatable bonds is 5. The van der Waals surface area contributed by atoms with E-state index in [2.05, 4.69) is 15.5 Å². The SMILES string of the molecule is Cc1cccc(NC(=O)[C@H](C)Sc2nnc(-c3ccoc3C)o2)c1. The Hall–Kier alpha value is -2.54. The van der Waals surface area contributed by atoms with Gasteiger partial charge in [0.25, 0.3) is 11.1 Å². The lowest BCUT2D eigenvalue weighted by atomic mass is 10.2. The number of carbonyl (C=O) groups is 1. The maximum Gasteiger partial charge on any atom is 0.277 e. The standard InChI is InChI=1S/C17H17N3O3S/c1-10-5-4-6-13(9-10)18-15(21)12(3)24-17-20-19-16(23-17)14-7-8-22-11(14)2/h4-9,12H,1-3H3,(H,18,21)/t12-/m0/s1. The van der Waals surface area contributed by atoms with E-state index >= 15 is 0 Å². The molecule has 0 bridgehead atoms. The van der Waals surface area contributed by atoms with Gasteiger partial charge in [-0.15, -0.1) is 10.2 Å². The van der Waals surface area contributed by atoms with Gasteiger partial charge in [-0.05, 0) is 44.5 Å². The summed E-state index contributed by atoms with van der Waals surface area (Å²) < 4.78 is 10.8. The molecule has 2 heterocycles. The number of benzene rings is 1. The van der Waals surface area contributed by atoms with E-state index in [9.17, 15) is 4.79 Å². The van der Waals surface area contributed by atoms with Crippen LogP contribution in [-0.2, 0) is 4.79 Å². The fourth-order valence-electron chi connectivity index (χ4n) is 2.14. The number of carbonyl (C=O) groups excluding carboxylic acids is 1. The van der Waals surface area contributed by atoms with Crippen LogP contribution in [0.15, 0.2) is 50.7 Å². The Kier molecular flexibility index (Phi) is 4.71. The Morgan fingerprint density at radius 3 is 2.79 bits per heavy atom. The van der Waals surface area contributed by atoms with Crippen molar-refractivity contribution in [3.8, 4) is 11.5 Å². The van der Waals surface area contributed by atoms with Crippen LogP contribution in [0.4, 0.5) is 5.69 Å². The van der Waals surface area contributed by atoms with Crippen molar-refractivity contribution in [2.24, 2.45) is 0 Å². The van der Waals surface area contributed by atoms with Gasteiger partial charge in [0.2, 0.25) is 5.91 Å². The smallest absolute Gasteiger partial charge is 0.277 e. The molecule has 7 heteroatoms. The van der Waals surface area contributed by atoms with Gasteiger partial charge in [-0.2, -0.15) is 0 Å². The predicted octanol–water partition coefficient (Wildman–Crippen LogP) is 4.07. The fourth-order valence-corrected chi connectivity index (χ4v) is 2.83. The quantitative estimate of drug-likeness (QED) is 0.703. The van der Waals surface area contributed by atoms with Crippen LogP contribution in [0.2, 0.25) is 0 Å². The lowest BCUT2D eigenvalue weighted by molar-refractivity contribution is -0.115. The van der Waals surface area contributed by atoms with Crippen LogP contribution in [0.1, 0.15) is 18.2 Å². The molecule has 1 N–H and O–H groups in total. The number of hydrogen-bond acceptors (Lipinski definition) is 6. The average molecular weight is 343 g/mol. The van der Waals surface area contributed by atoms with Crippen molar-refractivity contribution in [2.75, 3.05) is 5.32 Å². The third-order valence-electron chi connectivity index (χ3n) is 3.43. The molecule has 0 aliphatic carbocycles. The average Bonchev–Trinajstić information content (AvgIpc) is 3.16. The Bertz CT molecular complexity index is 856. The first-order valence-electron chi connectivity index (χ1n) is 7.45. The number of hydrogen-bond donors (Lipinski definition) is 1. The zero-order chi connectivity index (χ0) is 17.1. The number of amides is 1. The number of nitrogens with one attached hydrogen (secondary N) is 1. The summed E-state index contributed by atoms with van der Waals surface area (Å²) in [7, 11) is 0. The minimum Gasteiger partial charge on any atom is -0.469 e. The first-order valence-corrected chi connectivity index (χ1v) is 8.33. The van der Waals surface area contributed by atoms with Crippen molar-refractivity contribution in [1.82, 2.24) is 10.2 Å². The summed E-state index contributed by atoms with van der Waals surface area (Å²) in [6.45, 7) is 5.60. The van der Waals surface area contributed by atoms with Crippen molar-refractivity contribution in [2.45, 2.75) is 31.2 Å². The second-order valence-electron chi connectivity index (χ2n) is 5.38. The molecule has 0 unspecified atom stereocenters. The largest absolute Gasteiger partial charge is 0.469 e. The molecule has 1 amide bonds. The molecule has 124 valence electrons. The van der Waals surface area contributed by atoms with E-state index in [-0.39, 0.29) is 11.2 Å². The number of anilines is 1. The summed E-state index contributed by atoms with van der Waals surface area (Å²) in [5, 5.41) is 10.8. The van der Waals surface area contributed by atoms with Gasteiger partial charge >= 0.3 is 0 Å². The molecule has 0 aliphatic heterocycles. The third kappa shape index (κ3) is 3.68. The van der Waals surface area contributed by atoms with Gasteiger partial charge in [0.1, 0.15) is 5.76 Å². The monoisotopic (exact) mass is 343 g/mol. The van der Waals surface area contributed by atoms with E-state index in [0.717, 1.165) is 16.8 Å². The van der Waals surface area contributed by atoms with Crippen LogP contribution >= 0.6 is 11.8 Å². The van der Waals surface area contributed by atoms with Crippen molar-refractivity contribution < 1.29 is 13.6 Å². The molecule has 0 saturated heterocycles. The second kappa shape index (κ2) is 6.92. The lowest BCUT2D eigenvalue weighted by Gasteiger charge is -2.10. The van der Waals surface area contributed by atoms with Crippen LogP contribution in [-0.4, -0.2) is 21.4 Å². The minimum absolute atomic E-state index is 0.121. The summed E-state index contributed by atoms with van der Waals surface area (Å²) in [5.41, 5.74) is 2.61. The molecule has 1 atom stereocenters. The van der Waals surface area contributed by atoms with E-state index in [0.29, 0.717) is 16.9 Å². The zero-order valence-corrected chi connectivity index (χ0v) is 14.4. The van der Waals surface area contributed by atoms with Crippen LogP contribution in [0.3, 0.4) is 0 Å². The van der Waals surface area contributed by atoms with E-state index in [1.54, 1.807) is 19.3 Å². The number of nitrogens with zero attached hydrogens (tertiary/aromatic N) is 2. The second-order valence-corrected chi connectivity index (χ2v) is 6.67. The molecule has 6 nitrogen and oxygen atoms in total. The Morgan fingerprint density at radius 1 is 1.25 bits per heavy atom. The maximum atomic E-state index is 12.3. The van der Waals surface area contributed by atoms with E-state index in [4.69, 9.17) is 8.83 Å². The molecule has 0 spiro atoms. The molecule has 0 radical (unpaired) electrons. The minimum atomic E-state index is -0.371. The van der Waals surface area contributed by atoms with E-state index in [1.807, 2.05) is 38.1 Å². The highest BCUT2D eigenvalue weighted by atomic mass is 32.2. The summed E-state index contributed by atoms with van der Waals surface area (Å²) >= 11 is 1.22. The molecule has 2 aromatic heterocycles. The Balaban J connectivity index is 1.64. The van der Waals surface area contributed by atoms with Gasteiger partial charge in [-0.25, -0.2) is 0 Å². The fraction of sp³-hybridized carbons (Fsp3) is 0.235. The molecular formula is C17H17N3O3S. The normalized spacial score (nSPS) is 12.1. The Labute approximate surface area is 143 Å². The lowest BCUT2D eigenvalue weighted by Crippen LogP contribution is -2.22. The van der Waals surface area contributed by atoms with Crippen molar-refractivity contribution in [3.63, 3.8) is 0 Å².